The Morgan fingerprint density at radius 3 is 2.67 bits per heavy atom. The number of amides is 1. The molecule has 0 saturated heterocycles. The van der Waals surface area contributed by atoms with Crippen molar-refractivity contribution in [3.8, 4) is 5.75 Å². The van der Waals surface area contributed by atoms with E-state index in [0.29, 0.717) is 18.9 Å². The molecule has 24 heavy (non-hydrogen) atoms. The average molecular weight is 363 g/mol. The molecule has 2 aliphatic rings. The summed E-state index contributed by atoms with van der Waals surface area (Å²) in [6.07, 6.45) is -3.01. The Bertz CT molecular complexity index is 718. The normalized spacial score (nSPS) is 23.8. The van der Waals surface area contributed by atoms with Gasteiger partial charge in [0, 0.05) is 22.7 Å². The van der Waals surface area contributed by atoms with Crippen molar-refractivity contribution < 1.29 is 27.8 Å². The summed E-state index contributed by atoms with van der Waals surface area (Å²) in [5, 5.41) is 10.5. The van der Waals surface area contributed by atoms with E-state index in [0.717, 1.165) is 0 Å². The number of carbonyl (C=O) groups is 1. The topological polar surface area (TPSA) is 61.8 Å². The highest BCUT2D eigenvalue weighted by Gasteiger charge is 2.62. The number of hydrogen-bond acceptors (Lipinski definition) is 4. The van der Waals surface area contributed by atoms with E-state index >= 15 is 0 Å². The highest BCUT2D eigenvalue weighted by Crippen LogP contribution is 2.45. The van der Waals surface area contributed by atoms with Gasteiger partial charge in [-0.3, -0.25) is 10.2 Å². The molecule has 1 aromatic rings. The molecule has 1 aliphatic carbocycles. The number of hydrazine groups is 1. The van der Waals surface area contributed by atoms with Crippen LogP contribution in [0.25, 0.3) is 0 Å². The second kappa shape index (κ2) is 5.56. The third kappa shape index (κ3) is 2.69. The smallest absolute Gasteiger partial charge is 0.442 e. The number of aliphatic hydroxyl groups is 1. The largest absolute Gasteiger partial charge is 0.496 e. The molecular formula is C15H14ClF3N2O3. The molecule has 1 aromatic carbocycles. The highest BCUT2D eigenvalue weighted by molar-refractivity contribution is 6.31. The molecule has 1 saturated carbocycles. The molecule has 1 heterocycles. The second-order valence-corrected chi connectivity index (χ2v) is 6.13. The van der Waals surface area contributed by atoms with Gasteiger partial charge in [-0.25, -0.2) is 5.01 Å². The summed E-state index contributed by atoms with van der Waals surface area (Å²) in [6, 6.07) is 4.00. The Balaban J connectivity index is 2.01. The molecule has 0 spiro atoms. The van der Waals surface area contributed by atoms with Crippen LogP contribution in [0.5, 0.6) is 5.75 Å². The number of halogens is 4. The Labute approximate surface area is 140 Å². The van der Waals surface area contributed by atoms with Crippen LogP contribution in [-0.2, 0) is 0 Å². The van der Waals surface area contributed by atoms with E-state index in [2.05, 4.69) is 5.43 Å². The predicted octanol–water partition coefficient (Wildman–Crippen LogP) is 2.85. The molecule has 9 heteroatoms. The van der Waals surface area contributed by atoms with Crippen LogP contribution in [0.3, 0.4) is 0 Å². The van der Waals surface area contributed by atoms with Crippen LogP contribution in [-0.4, -0.2) is 35.0 Å². The maximum atomic E-state index is 13.4. The Morgan fingerprint density at radius 1 is 1.46 bits per heavy atom. The summed E-state index contributed by atoms with van der Waals surface area (Å²) in [7, 11) is 1.28. The molecule has 1 unspecified atom stereocenters. The number of hydrogen-bond donors (Lipinski definition) is 2. The molecule has 5 nitrogen and oxygen atoms in total. The van der Waals surface area contributed by atoms with Crippen LogP contribution >= 0.6 is 11.6 Å². The SMILES string of the molecule is COc1ccc(Cl)cc1C(=O)N1NC(C2CC2)=CC1(O)C(F)(F)F. The van der Waals surface area contributed by atoms with E-state index in [1.54, 1.807) is 0 Å². The number of rotatable bonds is 3. The summed E-state index contributed by atoms with van der Waals surface area (Å²) in [5.41, 5.74) is -1.04. The summed E-state index contributed by atoms with van der Waals surface area (Å²) >= 11 is 5.83. The first-order valence-electron chi connectivity index (χ1n) is 7.14. The van der Waals surface area contributed by atoms with E-state index in [1.165, 1.54) is 25.3 Å². The van der Waals surface area contributed by atoms with Gasteiger partial charge in [-0.2, -0.15) is 13.2 Å². The monoisotopic (exact) mass is 362 g/mol. The van der Waals surface area contributed by atoms with Crippen LogP contribution < -0.4 is 10.2 Å². The van der Waals surface area contributed by atoms with Crippen LogP contribution in [0.2, 0.25) is 5.02 Å². The maximum Gasteiger partial charge on any atom is 0.442 e. The lowest BCUT2D eigenvalue weighted by molar-refractivity contribution is -0.283. The minimum Gasteiger partial charge on any atom is -0.496 e. The quantitative estimate of drug-likeness (QED) is 0.868. The van der Waals surface area contributed by atoms with Crippen molar-refractivity contribution in [2.75, 3.05) is 7.11 Å². The number of methoxy groups -OCH3 is 1. The summed E-state index contributed by atoms with van der Waals surface area (Å²) in [5.74, 6) is -1.16. The zero-order valence-electron chi connectivity index (χ0n) is 12.5. The van der Waals surface area contributed by atoms with Crippen LogP contribution in [0.1, 0.15) is 23.2 Å². The predicted molar refractivity (Wildman–Crippen MR) is 79.1 cm³/mol. The van der Waals surface area contributed by atoms with Crippen molar-refractivity contribution in [3.63, 3.8) is 0 Å². The van der Waals surface area contributed by atoms with Crippen molar-refractivity contribution in [2.45, 2.75) is 24.7 Å². The summed E-state index contributed by atoms with van der Waals surface area (Å²) in [4.78, 5) is 12.7. The molecule has 3 rings (SSSR count). The third-order valence-corrected chi connectivity index (χ3v) is 4.20. The lowest BCUT2D eigenvalue weighted by Crippen LogP contribution is -2.60. The van der Waals surface area contributed by atoms with Gasteiger partial charge in [0.25, 0.3) is 11.6 Å². The summed E-state index contributed by atoms with van der Waals surface area (Å²) in [6.45, 7) is 0. The molecule has 1 atom stereocenters. The van der Waals surface area contributed by atoms with E-state index in [-0.39, 0.29) is 33.0 Å². The fraction of sp³-hybridized carbons (Fsp3) is 0.400. The van der Waals surface area contributed by atoms with Gasteiger partial charge in [-0.1, -0.05) is 11.6 Å². The molecular weight excluding hydrogens is 349 g/mol. The van der Waals surface area contributed by atoms with Gasteiger partial charge in [0.05, 0.1) is 12.7 Å². The number of nitrogens with one attached hydrogen (secondary N) is 1. The van der Waals surface area contributed by atoms with E-state index in [9.17, 15) is 23.1 Å². The highest BCUT2D eigenvalue weighted by atomic mass is 35.5. The Kier molecular flexibility index (Phi) is 3.92. The molecule has 1 fully saturated rings. The molecule has 0 bridgehead atoms. The number of allylic oxidation sites excluding steroid dienone is 1. The van der Waals surface area contributed by atoms with Gasteiger partial charge < -0.3 is 9.84 Å². The van der Waals surface area contributed by atoms with Gasteiger partial charge in [-0.05, 0) is 31.0 Å². The zero-order chi connectivity index (χ0) is 17.7. The molecule has 2 N–H and O–H groups in total. The van der Waals surface area contributed by atoms with Crippen molar-refractivity contribution in [1.29, 1.82) is 0 Å². The Morgan fingerprint density at radius 2 is 2.12 bits per heavy atom. The second-order valence-electron chi connectivity index (χ2n) is 5.69. The zero-order valence-corrected chi connectivity index (χ0v) is 13.3. The Hall–Kier alpha value is -1.93. The number of alkyl halides is 3. The number of benzene rings is 1. The van der Waals surface area contributed by atoms with Crippen molar-refractivity contribution >= 4 is 17.5 Å². The van der Waals surface area contributed by atoms with Gasteiger partial charge >= 0.3 is 6.18 Å². The first-order chi connectivity index (χ1) is 11.2. The first-order valence-corrected chi connectivity index (χ1v) is 7.52. The third-order valence-electron chi connectivity index (χ3n) is 3.97. The van der Waals surface area contributed by atoms with E-state index < -0.39 is 17.8 Å². The van der Waals surface area contributed by atoms with Gasteiger partial charge in [0.1, 0.15) is 5.75 Å². The van der Waals surface area contributed by atoms with Gasteiger partial charge in [0.2, 0.25) is 0 Å². The van der Waals surface area contributed by atoms with E-state index in [4.69, 9.17) is 16.3 Å². The van der Waals surface area contributed by atoms with Gasteiger partial charge in [-0.15, -0.1) is 0 Å². The molecule has 0 radical (unpaired) electrons. The molecule has 1 aliphatic heterocycles. The molecule has 1 amide bonds. The maximum absolute atomic E-state index is 13.4. The van der Waals surface area contributed by atoms with E-state index in [1.807, 2.05) is 0 Å². The van der Waals surface area contributed by atoms with Crippen molar-refractivity contribution in [2.24, 2.45) is 5.92 Å². The number of ether oxygens (including phenoxy) is 1. The average Bonchev–Trinajstić information content (AvgIpc) is 3.29. The minimum absolute atomic E-state index is 0.0515. The molecule has 130 valence electrons. The fourth-order valence-electron chi connectivity index (χ4n) is 2.51. The number of nitrogens with zero attached hydrogens (tertiary/aromatic N) is 1. The fourth-order valence-corrected chi connectivity index (χ4v) is 2.69. The van der Waals surface area contributed by atoms with Crippen LogP contribution in [0.15, 0.2) is 30.0 Å². The first kappa shape index (κ1) is 16.9. The lowest BCUT2D eigenvalue weighted by Gasteiger charge is -2.34. The molecule has 0 aromatic heterocycles. The summed E-state index contributed by atoms with van der Waals surface area (Å²) < 4.78 is 45.2. The minimum atomic E-state index is -5.07. The van der Waals surface area contributed by atoms with Crippen LogP contribution in [0.4, 0.5) is 13.2 Å². The lowest BCUT2D eigenvalue weighted by atomic mass is 10.1. The number of carbonyl (C=O) groups excluding carboxylic acids is 1. The van der Waals surface area contributed by atoms with Crippen LogP contribution in [0, 0.1) is 5.92 Å². The van der Waals surface area contributed by atoms with Crippen molar-refractivity contribution in [3.05, 3.63) is 40.6 Å². The standard InChI is InChI=1S/C15H14ClF3N2O3/c1-24-12-5-4-9(16)6-10(12)13(22)21-14(23,15(17,18)19)7-11(20-21)8-2-3-8/h4-8,20,23H,2-3H2,1H3. The van der Waals surface area contributed by atoms with Gasteiger partial charge in [0.15, 0.2) is 0 Å². The van der Waals surface area contributed by atoms with Crippen molar-refractivity contribution in [1.82, 2.24) is 10.4 Å².